The fourth-order valence-corrected chi connectivity index (χ4v) is 3.26. The summed E-state index contributed by atoms with van der Waals surface area (Å²) in [5.74, 6) is -0.680. The lowest BCUT2D eigenvalue weighted by Crippen LogP contribution is -2.35. The number of thiazole rings is 1. The standard InChI is InChI=1S/C17H19N3O4S/c1-23-17(22)12-2-4-13(5-3-12)18-16(21)14-11-25-15(19-14)10-20-6-8-24-9-7-20/h2-5,11H,6-10H2,1H3,(H,18,21). The summed E-state index contributed by atoms with van der Waals surface area (Å²) in [5.41, 5.74) is 1.42. The van der Waals surface area contributed by atoms with E-state index in [9.17, 15) is 9.59 Å². The lowest BCUT2D eigenvalue weighted by Gasteiger charge is -2.25. The number of hydrogen-bond acceptors (Lipinski definition) is 7. The van der Waals surface area contributed by atoms with Crippen LogP contribution in [0.4, 0.5) is 5.69 Å². The Kier molecular flexibility index (Phi) is 5.75. The van der Waals surface area contributed by atoms with Crippen LogP contribution in [0.3, 0.4) is 0 Å². The third-order valence-electron chi connectivity index (χ3n) is 3.81. The molecule has 2 heterocycles. The van der Waals surface area contributed by atoms with Crippen molar-refractivity contribution in [3.05, 3.63) is 45.9 Å². The number of benzene rings is 1. The van der Waals surface area contributed by atoms with Crippen LogP contribution in [0, 0.1) is 0 Å². The number of anilines is 1. The summed E-state index contributed by atoms with van der Waals surface area (Å²) in [6.07, 6.45) is 0. The minimum Gasteiger partial charge on any atom is -0.465 e. The van der Waals surface area contributed by atoms with E-state index < -0.39 is 5.97 Å². The van der Waals surface area contributed by atoms with Gasteiger partial charge in [0.05, 0.1) is 32.4 Å². The average Bonchev–Trinajstić information content (AvgIpc) is 3.11. The average molecular weight is 361 g/mol. The van der Waals surface area contributed by atoms with Crippen molar-refractivity contribution in [3.8, 4) is 0 Å². The zero-order chi connectivity index (χ0) is 17.6. The van der Waals surface area contributed by atoms with Gasteiger partial charge in [-0.25, -0.2) is 9.78 Å². The Balaban J connectivity index is 1.58. The zero-order valence-corrected chi connectivity index (χ0v) is 14.7. The van der Waals surface area contributed by atoms with Crippen LogP contribution >= 0.6 is 11.3 Å². The SMILES string of the molecule is COC(=O)c1ccc(NC(=O)c2csc(CN3CCOCC3)n2)cc1. The second kappa shape index (κ2) is 8.19. The molecule has 1 saturated heterocycles. The number of carbonyl (C=O) groups is 2. The number of amides is 1. The normalized spacial score (nSPS) is 14.9. The van der Waals surface area contributed by atoms with E-state index in [4.69, 9.17) is 4.74 Å². The van der Waals surface area contributed by atoms with Gasteiger partial charge in [0.25, 0.3) is 5.91 Å². The summed E-state index contributed by atoms with van der Waals surface area (Å²) in [6, 6.07) is 6.52. The van der Waals surface area contributed by atoms with Gasteiger partial charge < -0.3 is 14.8 Å². The highest BCUT2D eigenvalue weighted by Gasteiger charge is 2.15. The van der Waals surface area contributed by atoms with Gasteiger partial charge >= 0.3 is 5.97 Å². The third kappa shape index (κ3) is 4.62. The quantitative estimate of drug-likeness (QED) is 0.821. The number of methoxy groups -OCH3 is 1. The molecule has 0 radical (unpaired) electrons. The number of ether oxygens (including phenoxy) is 2. The first-order valence-corrected chi connectivity index (χ1v) is 8.78. The van der Waals surface area contributed by atoms with E-state index >= 15 is 0 Å². The molecule has 1 amide bonds. The number of carbonyl (C=O) groups excluding carboxylic acids is 2. The first-order valence-electron chi connectivity index (χ1n) is 7.90. The molecular formula is C17H19N3O4S. The van der Waals surface area contributed by atoms with Gasteiger partial charge in [0.2, 0.25) is 0 Å². The zero-order valence-electron chi connectivity index (χ0n) is 13.9. The summed E-state index contributed by atoms with van der Waals surface area (Å²) in [4.78, 5) is 30.4. The number of hydrogen-bond donors (Lipinski definition) is 1. The Morgan fingerprint density at radius 2 is 2.00 bits per heavy atom. The van der Waals surface area contributed by atoms with E-state index in [1.807, 2.05) is 0 Å². The second-order valence-electron chi connectivity index (χ2n) is 5.54. The number of nitrogens with one attached hydrogen (secondary N) is 1. The Morgan fingerprint density at radius 3 is 2.68 bits per heavy atom. The number of nitrogens with zero attached hydrogens (tertiary/aromatic N) is 2. The Labute approximate surface area is 149 Å². The summed E-state index contributed by atoms with van der Waals surface area (Å²) in [7, 11) is 1.33. The molecule has 25 heavy (non-hydrogen) atoms. The van der Waals surface area contributed by atoms with Crippen LogP contribution in [0.5, 0.6) is 0 Å². The van der Waals surface area contributed by atoms with Gasteiger partial charge in [-0.1, -0.05) is 0 Å². The van der Waals surface area contributed by atoms with Crippen molar-refractivity contribution in [2.75, 3.05) is 38.7 Å². The van der Waals surface area contributed by atoms with Crippen LogP contribution in [0.25, 0.3) is 0 Å². The minimum atomic E-state index is -0.412. The van der Waals surface area contributed by atoms with Gasteiger partial charge in [-0.3, -0.25) is 9.69 Å². The molecule has 1 aromatic carbocycles. The van der Waals surface area contributed by atoms with Crippen molar-refractivity contribution >= 4 is 28.9 Å². The van der Waals surface area contributed by atoms with Gasteiger partial charge in [0.15, 0.2) is 0 Å². The van der Waals surface area contributed by atoms with Crippen LogP contribution in [0.15, 0.2) is 29.6 Å². The monoisotopic (exact) mass is 361 g/mol. The predicted octanol–water partition coefficient (Wildman–Crippen LogP) is 2.01. The van der Waals surface area contributed by atoms with Crippen molar-refractivity contribution in [3.63, 3.8) is 0 Å². The highest BCUT2D eigenvalue weighted by Crippen LogP contribution is 2.16. The van der Waals surface area contributed by atoms with Gasteiger partial charge in [-0.15, -0.1) is 11.3 Å². The number of aromatic nitrogens is 1. The summed E-state index contributed by atoms with van der Waals surface area (Å²) in [5, 5.41) is 5.45. The van der Waals surface area contributed by atoms with Gasteiger partial charge in [-0.2, -0.15) is 0 Å². The van der Waals surface area contributed by atoms with Crippen LogP contribution in [-0.4, -0.2) is 55.2 Å². The molecule has 0 bridgehead atoms. The highest BCUT2D eigenvalue weighted by atomic mass is 32.1. The lowest BCUT2D eigenvalue weighted by molar-refractivity contribution is 0.0341. The van der Waals surface area contributed by atoms with Crippen molar-refractivity contribution < 1.29 is 19.1 Å². The molecule has 1 N–H and O–H groups in total. The number of morpholine rings is 1. The number of rotatable bonds is 5. The molecule has 7 nitrogen and oxygen atoms in total. The van der Waals surface area contributed by atoms with Crippen LogP contribution < -0.4 is 5.32 Å². The van der Waals surface area contributed by atoms with Crippen LogP contribution in [-0.2, 0) is 16.0 Å². The largest absolute Gasteiger partial charge is 0.465 e. The lowest BCUT2D eigenvalue weighted by atomic mass is 10.2. The van der Waals surface area contributed by atoms with E-state index in [0.717, 1.165) is 37.9 Å². The molecule has 1 fully saturated rings. The molecular weight excluding hydrogens is 342 g/mol. The fraction of sp³-hybridized carbons (Fsp3) is 0.353. The first kappa shape index (κ1) is 17.5. The highest BCUT2D eigenvalue weighted by molar-refractivity contribution is 7.09. The van der Waals surface area contributed by atoms with Crippen LogP contribution in [0.2, 0.25) is 0 Å². The summed E-state index contributed by atoms with van der Waals surface area (Å²) < 4.78 is 9.97. The van der Waals surface area contributed by atoms with E-state index in [1.54, 1.807) is 29.6 Å². The molecule has 0 atom stereocenters. The minimum absolute atomic E-state index is 0.268. The molecule has 0 spiro atoms. The maximum absolute atomic E-state index is 12.3. The predicted molar refractivity (Wildman–Crippen MR) is 93.9 cm³/mol. The molecule has 0 aliphatic carbocycles. The Hall–Kier alpha value is -2.29. The third-order valence-corrected chi connectivity index (χ3v) is 4.64. The molecule has 1 aliphatic heterocycles. The van der Waals surface area contributed by atoms with Crippen LogP contribution in [0.1, 0.15) is 25.9 Å². The smallest absolute Gasteiger partial charge is 0.337 e. The van der Waals surface area contributed by atoms with Crippen molar-refractivity contribution in [2.45, 2.75) is 6.54 Å². The molecule has 8 heteroatoms. The Morgan fingerprint density at radius 1 is 1.28 bits per heavy atom. The van der Waals surface area contributed by atoms with Crippen molar-refractivity contribution in [1.82, 2.24) is 9.88 Å². The number of esters is 1. The van der Waals surface area contributed by atoms with Gasteiger partial charge in [0, 0.05) is 24.2 Å². The molecule has 3 rings (SSSR count). The van der Waals surface area contributed by atoms with E-state index in [-0.39, 0.29) is 5.91 Å². The molecule has 132 valence electrons. The topological polar surface area (TPSA) is 80.8 Å². The van der Waals surface area contributed by atoms with Gasteiger partial charge in [-0.05, 0) is 24.3 Å². The Bertz CT molecular complexity index is 739. The maximum atomic E-state index is 12.3. The molecule has 0 unspecified atom stereocenters. The van der Waals surface area contributed by atoms with Gasteiger partial charge in [0.1, 0.15) is 10.7 Å². The maximum Gasteiger partial charge on any atom is 0.337 e. The summed E-state index contributed by atoms with van der Waals surface area (Å²) in [6.45, 7) is 3.97. The molecule has 0 saturated carbocycles. The van der Waals surface area contributed by atoms with Crippen molar-refractivity contribution in [2.24, 2.45) is 0 Å². The van der Waals surface area contributed by atoms with E-state index in [0.29, 0.717) is 16.9 Å². The van der Waals surface area contributed by atoms with Crippen molar-refractivity contribution in [1.29, 1.82) is 0 Å². The molecule has 1 aromatic heterocycles. The fourth-order valence-electron chi connectivity index (χ4n) is 2.44. The molecule has 1 aliphatic rings. The second-order valence-corrected chi connectivity index (χ2v) is 6.48. The summed E-state index contributed by atoms with van der Waals surface area (Å²) >= 11 is 1.48. The first-order chi connectivity index (χ1) is 12.2. The van der Waals surface area contributed by atoms with E-state index in [1.165, 1.54) is 18.4 Å². The molecule has 2 aromatic rings. The van der Waals surface area contributed by atoms with E-state index in [2.05, 4.69) is 19.9 Å².